The van der Waals surface area contributed by atoms with Crippen molar-refractivity contribution in [3.63, 3.8) is 0 Å². The molecule has 1 N–H and O–H groups in total. The number of carbonyl (C=O) groups is 2. The summed E-state index contributed by atoms with van der Waals surface area (Å²) in [5.74, 6) is -1.08. The molecule has 102 valence electrons. The number of carbonyl (C=O) groups excluding carboxylic acids is 1. The zero-order chi connectivity index (χ0) is 14.0. The van der Waals surface area contributed by atoms with Crippen LogP contribution in [0.3, 0.4) is 0 Å². The van der Waals surface area contributed by atoms with Crippen molar-refractivity contribution in [3.8, 4) is 0 Å². The SMILES string of the molecule is CC1CCOC1C(=O)N(C)c1ccccc1C(=O)O. The van der Waals surface area contributed by atoms with E-state index >= 15 is 0 Å². The number of aromatic carboxylic acids is 1. The number of amides is 1. The third-order valence-corrected chi connectivity index (χ3v) is 3.46. The molecule has 5 heteroatoms. The van der Waals surface area contributed by atoms with Gasteiger partial charge < -0.3 is 14.7 Å². The summed E-state index contributed by atoms with van der Waals surface area (Å²) in [7, 11) is 1.58. The second-order valence-electron chi connectivity index (χ2n) is 4.78. The van der Waals surface area contributed by atoms with Gasteiger partial charge in [0.25, 0.3) is 5.91 Å². The van der Waals surface area contributed by atoms with E-state index in [1.54, 1.807) is 25.2 Å². The number of rotatable bonds is 3. The molecular weight excluding hydrogens is 246 g/mol. The molecule has 0 saturated carbocycles. The Labute approximate surface area is 111 Å². The molecule has 1 amide bonds. The summed E-state index contributed by atoms with van der Waals surface area (Å²) < 4.78 is 5.43. The van der Waals surface area contributed by atoms with Gasteiger partial charge in [-0.1, -0.05) is 19.1 Å². The Balaban J connectivity index is 2.26. The number of carboxylic acids is 1. The molecule has 5 nitrogen and oxygen atoms in total. The van der Waals surface area contributed by atoms with E-state index in [0.717, 1.165) is 6.42 Å². The van der Waals surface area contributed by atoms with Crippen molar-refractivity contribution in [2.24, 2.45) is 5.92 Å². The number of anilines is 1. The van der Waals surface area contributed by atoms with Crippen LogP contribution in [-0.2, 0) is 9.53 Å². The topological polar surface area (TPSA) is 66.8 Å². The number of para-hydroxylation sites is 1. The number of ether oxygens (including phenoxy) is 1. The van der Waals surface area contributed by atoms with Gasteiger partial charge in [-0.2, -0.15) is 0 Å². The zero-order valence-corrected chi connectivity index (χ0v) is 11.0. The molecule has 1 fully saturated rings. The third kappa shape index (κ3) is 2.61. The molecule has 0 spiro atoms. The van der Waals surface area contributed by atoms with Gasteiger partial charge in [-0.3, -0.25) is 4.79 Å². The standard InChI is InChI=1S/C14H17NO4/c1-9-7-8-19-12(9)13(16)15(2)11-6-4-3-5-10(11)14(17)18/h3-6,9,12H,7-8H2,1-2H3,(H,17,18). The van der Waals surface area contributed by atoms with Gasteiger partial charge >= 0.3 is 5.97 Å². The molecule has 1 heterocycles. The van der Waals surface area contributed by atoms with Gasteiger partial charge in [-0.25, -0.2) is 4.79 Å². The average molecular weight is 263 g/mol. The number of benzene rings is 1. The summed E-state index contributed by atoms with van der Waals surface area (Å²) in [6.07, 6.45) is 0.372. The van der Waals surface area contributed by atoms with Crippen LogP contribution < -0.4 is 4.90 Å². The highest BCUT2D eigenvalue weighted by atomic mass is 16.5. The van der Waals surface area contributed by atoms with Gasteiger partial charge in [-0.05, 0) is 24.5 Å². The summed E-state index contributed by atoms with van der Waals surface area (Å²) in [5.41, 5.74) is 0.506. The van der Waals surface area contributed by atoms with E-state index in [4.69, 9.17) is 9.84 Å². The van der Waals surface area contributed by atoms with Crippen LogP contribution in [0.4, 0.5) is 5.69 Å². The molecule has 0 aromatic heterocycles. The first kappa shape index (κ1) is 13.5. The molecule has 1 saturated heterocycles. The smallest absolute Gasteiger partial charge is 0.337 e. The maximum Gasteiger partial charge on any atom is 0.337 e. The Bertz CT molecular complexity index is 500. The quantitative estimate of drug-likeness (QED) is 0.902. The molecule has 0 radical (unpaired) electrons. The van der Waals surface area contributed by atoms with Crippen LogP contribution in [0.25, 0.3) is 0 Å². The van der Waals surface area contributed by atoms with Crippen LogP contribution in [0.15, 0.2) is 24.3 Å². The van der Waals surface area contributed by atoms with E-state index in [0.29, 0.717) is 12.3 Å². The van der Waals surface area contributed by atoms with E-state index in [9.17, 15) is 9.59 Å². The van der Waals surface area contributed by atoms with Crippen molar-refractivity contribution in [1.29, 1.82) is 0 Å². The van der Waals surface area contributed by atoms with Gasteiger partial charge in [0, 0.05) is 13.7 Å². The fourth-order valence-corrected chi connectivity index (χ4v) is 2.27. The monoisotopic (exact) mass is 263 g/mol. The Morgan fingerprint density at radius 2 is 2.05 bits per heavy atom. The van der Waals surface area contributed by atoms with Crippen molar-refractivity contribution >= 4 is 17.6 Å². The molecule has 0 aliphatic carbocycles. The molecule has 2 unspecified atom stereocenters. The lowest BCUT2D eigenvalue weighted by molar-refractivity contribution is -0.128. The first-order valence-electron chi connectivity index (χ1n) is 6.24. The Hall–Kier alpha value is -1.88. The zero-order valence-electron chi connectivity index (χ0n) is 11.0. The first-order chi connectivity index (χ1) is 9.02. The summed E-state index contributed by atoms with van der Waals surface area (Å²) in [5, 5.41) is 9.14. The minimum atomic E-state index is -1.05. The van der Waals surface area contributed by atoms with Gasteiger partial charge in [0.15, 0.2) is 0 Å². The van der Waals surface area contributed by atoms with Crippen LogP contribution >= 0.6 is 0 Å². The maximum absolute atomic E-state index is 12.3. The Kier molecular flexibility index (Phi) is 3.85. The van der Waals surface area contributed by atoms with Crippen LogP contribution in [0.2, 0.25) is 0 Å². The lowest BCUT2D eigenvalue weighted by Crippen LogP contribution is -2.39. The molecule has 1 aromatic carbocycles. The van der Waals surface area contributed by atoms with Gasteiger partial charge in [0.05, 0.1) is 11.3 Å². The van der Waals surface area contributed by atoms with Crippen molar-refractivity contribution in [2.75, 3.05) is 18.6 Å². The van der Waals surface area contributed by atoms with E-state index in [1.807, 2.05) is 6.92 Å². The lowest BCUT2D eigenvalue weighted by Gasteiger charge is -2.24. The van der Waals surface area contributed by atoms with E-state index in [-0.39, 0.29) is 17.4 Å². The highest BCUT2D eigenvalue weighted by molar-refractivity contribution is 6.03. The highest BCUT2D eigenvalue weighted by Gasteiger charge is 2.34. The Morgan fingerprint density at radius 3 is 2.63 bits per heavy atom. The average Bonchev–Trinajstić information content (AvgIpc) is 2.83. The molecule has 1 aliphatic heterocycles. The highest BCUT2D eigenvalue weighted by Crippen LogP contribution is 2.25. The largest absolute Gasteiger partial charge is 0.478 e. The van der Waals surface area contributed by atoms with Crippen molar-refractivity contribution in [2.45, 2.75) is 19.4 Å². The Morgan fingerprint density at radius 1 is 1.37 bits per heavy atom. The normalized spacial score (nSPS) is 22.2. The molecule has 2 rings (SSSR count). The number of carboxylic acid groups (broad SMARTS) is 1. The first-order valence-corrected chi connectivity index (χ1v) is 6.24. The fourth-order valence-electron chi connectivity index (χ4n) is 2.27. The van der Waals surface area contributed by atoms with Crippen molar-refractivity contribution in [1.82, 2.24) is 0 Å². The molecule has 1 aromatic rings. The molecule has 2 atom stereocenters. The predicted octanol–water partition coefficient (Wildman–Crippen LogP) is 1.77. The van der Waals surface area contributed by atoms with Crippen molar-refractivity contribution < 1.29 is 19.4 Å². The minimum absolute atomic E-state index is 0.115. The molecular formula is C14H17NO4. The second-order valence-corrected chi connectivity index (χ2v) is 4.78. The molecule has 1 aliphatic rings. The van der Waals surface area contributed by atoms with Gasteiger partial charge in [-0.15, -0.1) is 0 Å². The van der Waals surface area contributed by atoms with E-state index < -0.39 is 12.1 Å². The summed E-state index contributed by atoms with van der Waals surface area (Å²) in [6, 6.07) is 6.46. The predicted molar refractivity (Wildman–Crippen MR) is 70.3 cm³/mol. The number of hydrogen-bond donors (Lipinski definition) is 1. The van der Waals surface area contributed by atoms with Crippen molar-refractivity contribution in [3.05, 3.63) is 29.8 Å². The van der Waals surface area contributed by atoms with E-state index in [2.05, 4.69) is 0 Å². The molecule has 0 bridgehead atoms. The van der Waals surface area contributed by atoms with Crippen LogP contribution in [-0.4, -0.2) is 36.7 Å². The summed E-state index contributed by atoms with van der Waals surface area (Å²) in [6.45, 7) is 2.54. The third-order valence-electron chi connectivity index (χ3n) is 3.46. The van der Waals surface area contributed by atoms with E-state index in [1.165, 1.54) is 11.0 Å². The minimum Gasteiger partial charge on any atom is -0.478 e. The van der Waals surface area contributed by atoms with Crippen LogP contribution in [0, 0.1) is 5.92 Å². The number of nitrogens with zero attached hydrogens (tertiary/aromatic N) is 1. The van der Waals surface area contributed by atoms with Crippen LogP contribution in [0.1, 0.15) is 23.7 Å². The van der Waals surface area contributed by atoms with Gasteiger partial charge in [0.2, 0.25) is 0 Å². The number of likely N-dealkylation sites (N-methyl/N-ethyl adjacent to an activating group) is 1. The van der Waals surface area contributed by atoms with Gasteiger partial charge in [0.1, 0.15) is 6.10 Å². The second kappa shape index (κ2) is 5.40. The van der Waals surface area contributed by atoms with Crippen LogP contribution in [0.5, 0.6) is 0 Å². The number of hydrogen-bond acceptors (Lipinski definition) is 3. The maximum atomic E-state index is 12.3. The fraction of sp³-hybridized carbons (Fsp3) is 0.429. The summed E-state index contributed by atoms with van der Waals surface area (Å²) in [4.78, 5) is 24.9. The molecule has 19 heavy (non-hydrogen) atoms. The summed E-state index contributed by atoms with van der Waals surface area (Å²) >= 11 is 0. The lowest BCUT2D eigenvalue weighted by atomic mass is 10.0.